The monoisotopic (exact) mass is 545 g/mol. The molecule has 5 rings (SSSR count). The minimum atomic E-state index is -2.66. The van der Waals surface area contributed by atoms with Crippen molar-refractivity contribution in [1.29, 1.82) is 5.26 Å². The second-order valence-electron chi connectivity index (χ2n) is 8.83. The average Bonchev–Trinajstić information content (AvgIpc) is 3.51. The molecule has 8 nitrogen and oxygen atoms in total. The number of carbonyl (C=O) groups is 2. The fourth-order valence-electron chi connectivity index (χ4n) is 4.34. The predicted octanol–water partition coefficient (Wildman–Crippen LogP) is 5.74. The zero-order chi connectivity index (χ0) is 27.7. The number of nitrogens with one attached hydrogen (secondary N) is 1. The van der Waals surface area contributed by atoms with Gasteiger partial charge in [0, 0.05) is 34.1 Å². The number of alkyl halides is 2. The van der Waals surface area contributed by atoms with E-state index in [0.717, 1.165) is 4.88 Å². The Morgan fingerprint density at radius 2 is 1.97 bits per heavy atom. The summed E-state index contributed by atoms with van der Waals surface area (Å²) in [4.78, 5) is 37.3. The lowest BCUT2D eigenvalue weighted by atomic mass is 9.97. The van der Waals surface area contributed by atoms with Gasteiger partial charge in [-0.3, -0.25) is 19.9 Å². The van der Waals surface area contributed by atoms with Crippen LogP contribution in [0.4, 0.5) is 13.9 Å². The highest BCUT2D eigenvalue weighted by Gasteiger charge is 2.29. The zero-order valence-electron chi connectivity index (χ0n) is 20.9. The largest absolute Gasteiger partial charge is 0.496 e. The molecule has 4 aromatic rings. The first-order valence-corrected chi connectivity index (χ1v) is 12.6. The van der Waals surface area contributed by atoms with Crippen molar-refractivity contribution in [2.75, 3.05) is 12.4 Å². The van der Waals surface area contributed by atoms with Gasteiger partial charge < -0.3 is 9.64 Å². The lowest BCUT2D eigenvalue weighted by molar-refractivity contribution is 0.0750. The zero-order valence-corrected chi connectivity index (χ0v) is 21.7. The smallest absolute Gasteiger partial charge is 0.263 e. The molecule has 39 heavy (non-hydrogen) atoms. The maximum atomic E-state index is 13.3. The van der Waals surface area contributed by atoms with Gasteiger partial charge in [-0.2, -0.15) is 5.26 Å². The number of aromatic nitrogens is 2. The molecule has 11 heteroatoms. The van der Waals surface area contributed by atoms with Crippen molar-refractivity contribution in [3.05, 3.63) is 93.2 Å². The standard InChI is InChI=1S/C28H21F2N5O3S/c1-15-8-19(20-9-16(11-31)6-7-23(20)38-2)21(12-32-15)26(36)34-28-33-22-13-35(14-24(22)39-28)27(37)18-5-3-4-17(10-18)25(29)30/h3-10,12,25H,13-14H2,1-2H3,(H,33,34,36). The number of pyridine rings is 1. The summed E-state index contributed by atoms with van der Waals surface area (Å²) in [6.45, 7) is 2.26. The maximum Gasteiger partial charge on any atom is 0.263 e. The summed E-state index contributed by atoms with van der Waals surface area (Å²) in [5.41, 5.74) is 3.14. The van der Waals surface area contributed by atoms with Crippen LogP contribution in [0.3, 0.4) is 0 Å². The van der Waals surface area contributed by atoms with Crippen LogP contribution in [0.2, 0.25) is 0 Å². The molecule has 0 aliphatic carbocycles. The number of hydrogen-bond donors (Lipinski definition) is 1. The van der Waals surface area contributed by atoms with Gasteiger partial charge in [0.2, 0.25) is 0 Å². The molecule has 0 bridgehead atoms. The van der Waals surface area contributed by atoms with E-state index in [9.17, 15) is 23.6 Å². The summed E-state index contributed by atoms with van der Waals surface area (Å²) in [5, 5.41) is 12.5. The van der Waals surface area contributed by atoms with Crippen LogP contribution in [0.15, 0.2) is 54.7 Å². The minimum Gasteiger partial charge on any atom is -0.496 e. The van der Waals surface area contributed by atoms with Gasteiger partial charge in [-0.15, -0.1) is 0 Å². The summed E-state index contributed by atoms with van der Waals surface area (Å²) < 4.78 is 31.6. The number of amides is 2. The molecule has 0 atom stereocenters. The number of anilines is 1. The second-order valence-corrected chi connectivity index (χ2v) is 9.91. The third kappa shape index (κ3) is 5.19. The maximum absolute atomic E-state index is 13.3. The molecule has 2 aromatic carbocycles. The van der Waals surface area contributed by atoms with E-state index in [2.05, 4.69) is 21.4 Å². The molecule has 1 aliphatic rings. The molecule has 0 spiro atoms. The van der Waals surface area contributed by atoms with Crippen LogP contribution >= 0.6 is 11.3 Å². The van der Waals surface area contributed by atoms with Crippen LogP contribution < -0.4 is 10.1 Å². The predicted molar refractivity (Wildman–Crippen MR) is 141 cm³/mol. The number of benzene rings is 2. The highest BCUT2D eigenvalue weighted by molar-refractivity contribution is 7.16. The van der Waals surface area contributed by atoms with Gasteiger partial charge in [0.15, 0.2) is 5.13 Å². The molecule has 1 N–H and O–H groups in total. The van der Waals surface area contributed by atoms with Crippen molar-refractivity contribution in [2.24, 2.45) is 0 Å². The van der Waals surface area contributed by atoms with Gasteiger partial charge >= 0.3 is 0 Å². The Labute approximate surface area is 226 Å². The van der Waals surface area contributed by atoms with Crippen LogP contribution in [-0.2, 0) is 13.1 Å². The summed E-state index contributed by atoms with van der Waals surface area (Å²) in [5.74, 6) is -0.297. The van der Waals surface area contributed by atoms with Crippen LogP contribution in [0, 0.1) is 18.3 Å². The fraction of sp³-hybridized carbons (Fsp3) is 0.179. The Bertz CT molecular complexity index is 1620. The summed E-state index contributed by atoms with van der Waals surface area (Å²) in [6, 6.07) is 14.2. The summed E-state index contributed by atoms with van der Waals surface area (Å²) in [6.07, 6.45) is -1.19. The van der Waals surface area contributed by atoms with Gasteiger partial charge in [0.1, 0.15) is 5.75 Å². The minimum absolute atomic E-state index is 0.187. The Kier molecular flexibility index (Phi) is 7.04. The Balaban J connectivity index is 1.35. The number of nitrogens with zero attached hydrogens (tertiary/aromatic N) is 4. The molecule has 0 unspecified atom stereocenters. The van der Waals surface area contributed by atoms with Gasteiger partial charge in [0.05, 0.1) is 48.0 Å². The van der Waals surface area contributed by atoms with E-state index in [1.54, 1.807) is 31.2 Å². The fourth-order valence-corrected chi connectivity index (χ4v) is 5.32. The molecular weight excluding hydrogens is 524 g/mol. The SMILES string of the molecule is COc1ccc(C#N)cc1-c1cc(C)ncc1C(=O)Nc1nc2c(s1)CN(C(=O)c1cccc(C(F)F)c1)C2. The summed E-state index contributed by atoms with van der Waals surface area (Å²) in [7, 11) is 1.51. The first-order valence-electron chi connectivity index (χ1n) is 11.8. The molecule has 0 saturated carbocycles. The number of thiazole rings is 1. The van der Waals surface area contributed by atoms with E-state index in [4.69, 9.17) is 4.74 Å². The number of ether oxygens (including phenoxy) is 1. The number of fused-ring (bicyclic) bond motifs is 1. The first kappa shape index (κ1) is 25.9. The molecule has 0 radical (unpaired) electrons. The number of hydrogen-bond acceptors (Lipinski definition) is 7. The van der Waals surface area contributed by atoms with E-state index >= 15 is 0 Å². The molecule has 3 heterocycles. The number of halogens is 2. The highest BCUT2D eigenvalue weighted by atomic mass is 32.1. The van der Waals surface area contributed by atoms with E-state index in [1.807, 2.05) is 0 Å². The van der Waals surface area contributed by atoms with E-state index in [-0.39, 0.29) is 35.7 Å². The van der Waals surface area contributed by atoms with E-state index < -0.39 is 12.3 Å². The number of rotatable bonds is 6. The molecule has 2 amide bonds. The van der Waals surface area contributed by atoms with Gasteiger partial charge in [-0.05, 0) is 43.3 Å². The van der Waals surface area contributed by atoms with Gasteiger partial charge in [-0.25, -0.2) is 13.8 Å². The van der Waals surface area contributed by atoms with Crippen molar-refractivity contribution in [1.82, 2.24) is 14.9 Å². The van der Waals surface area contributed by atoms with Crippen molar-refractivity contribution in [3.63, 3.8) is 0 Å². The molecule has 0 saturated heterocycles. The van der Waals surface area contributed by atoms with Crippen LogP contribution in [0.25, 0.3) is 11.1 Å². The Morgan fingerprint density at radius 1 is 1.15 bits per heavy atom. The van der Waals surface area contributed by atoms with Crippen LogP contribution in [0.5, 0.6) is 5.75 Å². The molecule has 1 aliphatic heterocycles. The van der Waals surface area contributed by atoms with Crippen LogP contribution in [0.1, 0.15) is 54.5 Å². The molecule has 196 valence electrons. The number of aryl methyl sites for hydroxylation is 1. The topological polar surface area (TPSA) is 108 Å². The molecule has 2 aromatic heterocycles. The highest BCUT2D eigenvalue weighted by Crippen LogP contribution is 2.35. The van der Waals surface area contributed by atoms with Gasteiger partial charge in [-0.1, -0.05) is 23.5 Å². The third-order valence-electron chi connectivity index (χ3n) is 6.25. The molecule has 0 fully saturated rings. The first-order chi connectivity index (χ1) is 18.8. The second kappa shape index (κ2) is 10.6. The lowest BCUT2D eigenvalue weighted by Crippen LogP contribution is -2.25. The van der Waals surface area contributed by atoms with Crippen molar-refractivity contribution in [3.8, 4) is 22.9 Å². The van der Waals surface area contributed by atoms with E-state index in [1.165, 1.54) is 53.8 Å². The number of nitriles is 1. The Hall–Kier alpha value is -4.69. The average molecular weight is 546 g/mol. The number of carbonyl (C=O) groups excluding carboxylic acids is 2. The summed E-state index contributed by atoms with van der Waals surface area (Å²) >= 11 is 1.24. The number of methoxy groups -OCH3 is 1. The van der Waals surface area contributed by atoms with Crippen molar-refractivity contribution in [2.45, 2.75) is 26.4 Å². The quantitative estimate of drug-likeness (QED) is 0.331. The van der Waals surface area contributed by atoms with Crippen molar-refractivity contribution >= 4 is 28.3 Å². The van der Waals surface area contributed by atoms with Gasteiger partial charge in [0.25, 0.3) is 18.2 Å². The third-order valence-corrected chi connectivity index (χ3v) is 7.25. The van der Waals surface area contributed by atoms with Crippen molar-refractivity contribution < 1.29 is 23.1 Å². The Morgan fingerprint density at radius 3 is 2.69 bits per heavy atom. The normalized spacial score (nSPS) is 12.3. The molecular formula is C28H21F2N5O3S. The lowest BCUT2D eigenvalue weighted by Gasteiger charge is -2.16. The van der Waals surface area contributed by atoms with Crippen LogP contribution in [-0.4, -0.2) is 33.8 Å². The van der Waals surface area contributed by atoms with E-state index in [0.29, 0.717) is 39.0 Å².